The monoisotopic (exact) mass is 312 g/mol. The van der Waals surface area contributed by atoms with Gasteiger partial charge in [0.25, 0.3) is 0 Å². The molecule has 23 heavy (non-hydrogen) atoms. The minimum atomic E-state index is -0.681. The largest absolute Gasteiger partial charge is 0.481 e. The van der Waals surface area contributed by atoms with Crippen LogP contribution in [0.2, 0.25) is 0 Å². The van der Waals surface area contributed by atoms with Gasteiger partial charge in [-0.15, -0.1) is 0 Å². The number of fused-ring (bicyclic) bond motifs is 1. The van der Waals surface area contributed by atoms with Crippen molar-refractivity contribution in [1.29, 1.82) is 0 Å². The van der Waals surface area contributed by atoms with Crippen LogP contribution in [0.15, 0.2) is 30.3 Å². The highest BCUT2D eigenvalue weighted by atomic mass is 16.4. The summed E-state index contributed by atoms with van der Waals surface area (Å²) in [6.45, 7) is 5.07. The summed E-state index contributed by atoms with van der Waals surface area (Å²) in [5, 5.41) is 10.0. The smallest absolute Gasteiger partial charge is 0.303 e. The maximum absolute atomic E-state index is 10.7. The number of nitrogens with zero attached hydrogens (tertiary/aromatic N) is 2. The van der Waals surface area contributed by atoms with Gasteiger partial charge in [0, 0.05) is 30.6 Å². The SMILES string of the molecule is Cc1ccc2cc(CN3CCCC(CCC(=O)O)C3)ccc2n1. The van der Waals surface area contributed by atoms with Crippen LogP contribution in [0.1, 0.15) is 36.9 Å². The van der Waals surface area contributed by atoms with Crippen molar-refractivity contribution in [2.45, 2.75) is 39.2 Å². The molecule has 0 aliphatic carbocycles. The lowest BCUT2D eigenvalue weighted by atomic mass is 9.93. The average molecular weight is 312 g/mol. The van der Waals surface area contributed by atoms with Crippen LogP contribution in [0, 0.1) is 12.8 Å². The molecule has 3 rings (SSSR count). The highest BCUT2D eigenvalue weighted by molar-refractivity contribution is 5.79. The topological polar surface area (TPSA) is 53.4 Å². The lowest BCUT2D eigenvalue weighted by molar-refractivity contribution is -0.137. The lowest BCUT2D eigenvalue weighted by Crippen LogP contribution is -2.35. The summed E-state index contributed by atoms with van der Waals surface area (Å²) in [6, 6.07) is 10.7. The third-order valence-corrected chi connectivity index (χ3v) is 4.67. The molecule has 1 aromatic heterocycles. The number of carbonyl (C=O) groups is 1. The predicted octanol–water partition coefficient (Wildman–Crippen LogP) is 3.62. The predicted molar refractivity (Wildman–Crippen MR) is 91.4 cm³/mol. The molecule has 1 unspecified atom stereocenters. The van der Waals surface area contributed by atoms with E-state index in [1.807, 2.05) is 6.92 Å². The Morgan fingerprint density at radius 1 is 1.35 bits per heavy atom. The minimum Gasteiger partial charge on any atom is -0.481 e. The number of carboxylic acids is 1. The molecule has 0 spiro atoms. The number of pyridine rings is 1. The normalized spacial score (nSPS) is 19.1. The fraction of sp³-hybridized carbons (Fsp3) is 0.474. The summed E-state index contributed by atoms with van der Waals surface area (Å²) in [5.41, 5.74) is 3.40. The molecular formula is C19H24N2O2. The van der Waals surface area contributed by atoms with Crippen LogP contribution >= 0.6 is 0 Å². The van der Waals surface area contributed by atoms with Gasteiger partial charge in [0.15, 0.2) is 0 Å². The first-order valence-electron chi connectivity index (χ1n) is 8.40. The van der Waals surface area contributed by atoms with E-state index in [0.29, 0.717) is 12.3 Å². The van der Waals surface area contributed by atoms with Gasteiger partial charge in [-0.1, -0.05) is 12.1 Å². The second-order valence-electron chi connectivity index (χ2n) is 6.66. The molecule has 4 nitrogen and oxygen atoms in total. The Labute approximate surface area is 137 Å². The van der Waals surface area contributed by atoms with Gasteiger partial charge in [-0.2, -0.15) is 0 Å². The lowest BCUT2D eigenvalue weighted by Gasteiger charge is -2.32. The first kappa shape index (κ1) is 15.9. The summed E-state index contributed by atoms with van der Waals surface area (Å²) >= 11 is 0. The zero-order chi connectivity index (χ0) is 16.2. The molecule has 122 valence electrons. The number of aromatic nitrogens is 1. The van der Waals surface area contributed by atoms with E-state index < -0.39 is 5.97 Å². The van der Waals surface area contributed by atoms with E-state index in [-0.39, 0.29) is 0 Å². The summed E-state index contributed by atoms with van der Waals surface area (Å²) in [7, 11) is 0. The molecule has 1 N–H and O–H groups in total. The zero-order valence-electron chi connectivity index (χ0n) is 13.7. The number of benzene rings is 1. The fourth-order valence-electron chi connectivity index (χ4n) is 3.49. The van der Waals surface area contributed by atoms with E-state index in [9.17, 15) is 4.79 Å². The maximum atomic E-state index is 10.7. The summed E-state index contributed by atoms with van der Waals surface area (Å²) < 4.78 is 0. The molecule has 4 heteroatoms. The van der Waals surface area contributed by atoms with Crippen LogP contribution < -0.4 is 0 Å². The number of likely N-dealkylation sites (tertiary alicyclic amines) is 1. The van der Waals surface area contributed by atoms with Gasteiger partial charge in [-0.3, -0.25) is 14.7 Å². The van der Waals surface area contributed by atoms with Crippen LogP contribution in [0.3, 0.4) is 0 Å². The first-order chi connectivity index (χ1) is 11.1. The number of aliphatic carboxylic acids is 1. The number of piperidine rings is 1. The highest BCUT2D eigenvalue weighted by Crippen LogP contribution is 2.23. The number of hydrogen-bond donors (Lipinski definition) is 1. The van der Waals surface area contributed by atoms with Gasteiger partial charge < -0.3 is 5.11 Å². The van der Waals surface area contributed by atoms with Crippen molar-refractivity contribution in [2.75, 3.05) is 13.1 Å². The highest BCUT2D eigenvalue weighted by Gasteiger charge is 2.20. The maximum Gasteiger partial charge on any atom is 0.303 e. The molecule has 0 radical (unpaired) electrons. The van der Waals surface area contributed by atoms with Gasteiger partial charge in [0.1, 0.15) is 0 Å². The summed E-state index contributed by atoms with van der Waals surface area (Å²) in [4.78, 5) is 17.7. The molecule has 0 saturated carbocycles. The van der Waals surface area contributed by atoms with Crippen molar-refractivity contribution in [3.63, 3.8) is 0 Å². The van der Waals surface area contributed by atoms with E-state index in [1.165, 1.54) is 17.4 Å². The van der Waals surface area contributed by atoms with Crippen LogP contribution in [-0.2, 0) is 11.3 Å². The van der Waals surface area contributed by atoms with Crippen molar-refractivity contribution < 1.29 is 9.90 Å². The van der Waals surface area contributed by atoms with E-state index in [1.54, 1.807) is 0 Å². The van der Waals surface area contributed by atoms with Crippen molar-refractivity contribution in [3.8, 4) is 0 Å². The molecule has 1 saturated heterocycles. The van der Waals surface area contributed by atoms with Crippen LogP contribution in [0.4, 0.5) is 0 Å². The zero-order valence-corrected chi connectivity index (χ0v) is 13.7. The van der Waals surface area contributed by atoms with Crippen LogP contribution in [0.5, 0.6) is 0 Å². The van der Waals surface area contributed by atoms with Gasteiger partial charge in [-0.25, -0.2) is 0 Å². The quantitative estimate of drug-likeness (QED) is 0.916. The van der Waals surface area contributed by atoms with Crippen molar-refractivity contribution >= 4 is 16.9 Å². The first-order valence-corrected chi connectivity index (χ1v) is 8.40. The Bertz CT molecular complexity index is 699. The molecule has 2 heterocycles. The van der Waals surface area contributed by atoms with E-state index >= 15 is 0 Å². The van der Waals surface area contributed by atoms with Gasteiger partial charge in [-0.05, 0) is 62.4 Å². The summed E-state index contributed by atoms with van der Waals surface area (Å²) in [6.07, 6.45) is 3.41. The Morgan fingerprint density at radius 3 is 3.04 bits per heavy atom. The van der Waals surface area contributed by atoms with E-state index in [0.717, 1.165) is 43.7 Å². The number of hydrogen-bond acceptors (Lipinski definition) is 3. The van der Waals surface area contributed by atoms with E-state index in [4.69, 9.17) is 5.11 Å². The molecular weight excluding hydrogens is 288 g/mol. The molecule has 0 amide bonds. The molecule has 1 fully saturated rings. The van der Waals surface area contributed by atoms with Gasteiger partial charge in [0.05, 0.1) is 5.52 Å². The third-order valence-electron chi connectivity index (χ3n) is 4.67. The molecule has 2 aromatic rings. The Morgan fingerprint density at radius 2 is 2.22 bits per heavy atom. The second-order valence-corrected chi connectivity index (χ2v) is 6.66. The molecule has 1 atom stereocenters. The Kier molecular flexibility index (Phi) is 4.91. The van der Waals surface area contributed by atoms with Crippen LogP contribution in [-0.4, -0.2) is 34.0 Å². The molecule has 1 aliphatic rings. The Balaban J connectivity index is 1.64. The van der Waals surface area contributed by atoms with E-state index in [2.05, 4.69) is 40.2 Å². The second kappa shape index (κ2) is 7.09. The van der Waals surface area contributed by atoms with Crippen molar-refractivity contribution in [3.05, 3.63) is 41.6 Å². The van der Waals surface area contributed by atoms with Gasteiger partial charge >= 0.3 is 5.97 Å². The number of aryl methyl sites for hydroxylation is 1. The third kappa shape index (κ3) is 4.29. The average Bonchev–Trinajstić information content (AvgIpc) is 2.53. The van der Waals surface area contributed by atoms with Crippen LogP contribution in [0.25, 0.3) is 10.9 Å². The molecule has 0 bridgehead atoms. The van der Waals surface area contributed by atoms with Crippen molar-refractivity contribution in [2.24, 2.45) is 5.92 Å². The standard InChI is InChI=1S/C19H24N2O2/c1-14-4-7-17-11-16(5-8-18(17)20-14)13-21-10-2-3-15(12-21)6-9-19(22)23/h4-5,7-8,11,15H,2-3,6,9-10,12-13H2,1H3,(H,22,23). The minimum absolute atomic E-state index is 0.291. The van der Waals surface area contributed by atoms with Gasteiger partial charge in [0.2, 0.25) is 0 Å². The summed E-state index contributed by atoms with van der Waals surface area (Å²) in [5.74, 6) is -0.163. The fourth-order valence-corrected chi connectivity index (χ4v) is 3.49. The molecule has 1 aliphatic heterocycles. The number of rotatable bonds is 5. The Hall–Kier alpha value is -1.94. The molecule has 1 aromatic carbocycles. The number of carboxylic acid groups (broad SMARTS) is 1. The van der Waals surface area contributed by atoms with Crippen molar-refractivity contribution in [1.82, 2.24) is 9.88 Å².